The highest BCUT2D eigenvalue weighted by molar-refractivity contribution is 9.10. The first-order valence-electron chi connectivity index (χ1n) is 4.16. The van der Waals surface area contributed by atoms with Gasteiger partial charge >= 0.3 is 0 Å². The zero-order valence-corrected chi connectivity index (χ0v) is 8.91. The molecule has 1 N–H and O–H groups in total. The minimum Gasteiger partial charge on any atom is -0.455 e. The molecule has 0 bridgehead atoms. The maximum Gasteiger partial charge on any atom is 0.145 e. The second-order valence-electron chi connectivity index (χ2n) is 2.85. The summed E-state index contributed by atoms with van der Waals surface area (Å²) in [6.45, 7) is 0. The van der Waals surface area contributed by atoms with Crippen LogP contribution in [0.3, 0.4) is 0 Å². The minimum absolute atomic E-state index is 0.572. The molecule has 70 valence electrons. The molecule has 1 aromatic carbocycles. The van der Waals surface area contributed by atoms with Crippen molar-refractivity contribution in [3.05, 3.63) is 46.6 Å². The van der Waals surface area contributed by atoms with Gasteiger partial charge in [0, 0.05) is 10.0 Å². The molecule has 0 amide bonds. The van der Waals surface area contributed by atoms with Gasteiger partial charge in [0.15, 0.2) is 0 Å². The van der Waals surface area contributed by atoms with E-state index in [-0.39, 0.29) is 0 Å². The topological polar surface area (TPSA) is 37.0 Å². The molecule has 14 heavy (non-hydrogen) atoms. The zero-order valence-electron chi connectivity index (χ0n) is 7.33. The number of nitrogens with one attached hydrogen (secondary N) is 1. The van der Waals surface area contributed by atoms with Crippen molar-refractivity contribution in [2.75, 3.05) is 0 Å². The molecule has 1 heterocycles. The fourth-order valence-corrected chi connectivity index (χ4v) is 1.46. The molecule has 0 aliphatic heterocycles. The fourth-order valence-electron chi connectivity index (χ4n) is 1.20. The Kier molecular flexibility index (Phi) is 2.50. The van der Waals surface area contributed by atoms with Crippen molar-refractivity contribution in [3.8, 4) is 11.3 Å². The van der Waals surface area contributed by atoms with E-state index in [0.29, 0.717) is 5.76 Å². The van der Waals surface area contributed by atoms with Crippen LogP contribution in [-0.4, -0.2) is 6.21 Å². The fraction of sp³-hybridized carbons (Fsp3) is 0. The van der Waals surface area contributed by atoms with Gasteiger partial charge in [0.2, 0.25) is 0 Å². The Labute approximate surface area is 90.2 Å². The molecule has 0 unspecified atom stereocenters. The highest BCUT2D eigenvalue weighted by Crippen LogP contribution is 2.23. The number of hydrogen-bond acceptors (Lipinski definition) is 2. The summed E-state index contributed by atoms with van der Waals surface area (Å²) in [6.07, 6.45) is 1.20. The van der Waals surface area contributed by atoms with Crippen LogP contribution in [0.25, 0.3) is 11.3 Å². The van der Waals surface area contributed by atoms with E-state index in [1.54, 1.807) is 6.07 Å². The molecule has 0 aliphatic rings. The molecular formula is C11H8BrNO. The normalized spacial score (nSPS) is 10.1. The monoisotopic (exact) mass is 249 g/mol. The first-order valence-corrected chi connectivity index (χ1v) is 4.95. The smallest absolute Gasteiger partial charge is 0.145 e. The molecule has 0 spiro atoms. The summed E-state index contributed by atoms with van der Waals surface area (Å²) in [4.78, 5) is 0. The number of benzene rings is 1. The van der Waals surface area contributed by atoms with E-state index < -0.39 is 0 Å². The van der Waals surface area contributed by atoms with Crippen molar-refractivity contribution >= 4 is 22.1 Å². The maximum atomic E-state index is 7.03. The summed E-state index contributed by atoms with van der Waals surface area (Å²) >= 11 is 3.37. The molecule has 3 heteroatoms. The average Bonchev–Trinajstić information content (AvgIpc) is 2.67. The Bertz CT molecular complexity index is 445. The summed E-state index contributed by atoms with van der Waals surface area (Å²) < 4.78 is 6.44. The Morgan fingerprint density at radius 1 is 1.07 bits per heavy atom. The van der Waals surface area contributed by atoms with Crippen molar-refractivity contribution in [3.63, 3.8) is 0 Å². The van der Waals surface area contributed by atoms with Gasteiger partial charge < -0.3 is 9.83 Å². The predicted octanol–water partition coefficient (Wildman–Crippen LogP) is 3.71. The van der Waals surface area contributed by atoms with Gasteiger partial charge in [-0.3, -0.25) is 0 Å². The van der Waals surface area contributed by atoms with Crippen molar-refractivity contribution in [2.45, 2.75) is 0 Å². The number of furan rings is 1. The lowest BCUT2D eigenvalue weighted by atomic mass is 10.2. The Morgan fingerprint density at radius 3 is 2.36 bits per heavy atom. The van der Waals surface area contributed by atoms with Gasteiger partial charge in [-0.05, 0) is 24.3 Å². The van der Waals surface area contributed by atoms with Crippen molar-refractivity contribution in [1.29, 1.82) is 5.41 Å². The molecule has 2 aromatic rings. The second kappa shape index (κ2) is 3.80. The van der Waals surface area contributed by atoms with Crippen molar-refractivity contribution in [2.24, 2.45) is 0 Å². The third-order valence-electron chi connectivity index (χ3n) is 1.90. The molecule has 0 fully saturated rings. The first kappa shape index (κ1) is 9.21. The van der Waals surface area contributed by atoms with E-state index in [1.807, 2.05) is 30.3 Å². The lowest BCUT2D eigenvalue weighted by Gasteiger charge is -1.96. The molecule has 0 radical (unpaired) electrons. The summed E-state index contributed by atoms with van der Waals surface area (Å²) in [5, 5.41) is 7.03. The number of halogens is 1. The van der Waals surface area contributed by atoms with E-state index in [2.05, 4.69) is 15.9 Å². The Balaban J connectivity index is 2.39. The predicted molar refractivity (Wildman–Crippen MR) is 59.7 cm³/mol. The molecule has 0 saturated carbocycles. The van der Waals surface area contributed by atoms with E-state index in [1.165, 1.54) is 6.21 Å². The van der Waals surface area contributed by atoms with Gasteiger partial charge in [0.05, 0.1) is 6.21 Å². The van der Waals surface area contributed by atoms with Gasteiger partial charge in [-0.2, -0.15) is 0 Å². The Morgan fingerprint density at radius 2 is 1.79 bits per heavy atom. The maximum absolute atomic E-state index is 7.03. The van der Waals surface area contributed by atoms with Crippen LogP contribution in [0.2, 0.25) is 0 Å². The van der Waals surface area contributed by atoms with Gasteiger partial charge in [-0.15, -0.1) is 0 Å². The third-order valence-corrected chi connectivity index (χ3v) is 2.43. The van der Waals surface area contributed by atoms with Crippen LogP contribution in [0.1, 0.15) is 5.76 Å². The molecule has 2 nitrogen and oxygen atoms in total. The van der Waals surface area contributed by atoms with Crippen LogP contribution in [0.5, 0.6) is 0 Å². The van der Waals surface area contributed by atoms with E-state index in [0.717, 1.165) is 15.8 Å². The first-order chi connectivity index (χ1) is 6.79. The second-order valence-corrected chi connectivity index (χ2v) is 3.77. The lowest BCUT2D eigenvalue weighted by molar-refractivity contribution is 0.574. The van der Waals surface area contributed by atoms with Crippen LogP contribution in [-0.2, 0) is 0 Å². The highest BCUT2D eigenvalue weighted by atomic mass is 79.9. The van der Waals surface area contributed by atoms with Crippen LogP contribution in [0.15, 0.2) is 45.3 Å². The van der Waals surface area contributed by atoms with Crippen molar-refractivity contribution in [1.82, 2.24) is 0 Å². The van der Waals surface area contributed by atoms with Crippen LogP contribution in [0, 0.1) is 5.41 Å². The molecule has 2 rings (SSSR count). The summed E-state index contributed by atoms with van der Waals surface area (Å²) in [6, 6.07) is 11.5. The van der Waals surface area contributed by atoms with Gasteiger partial charge in [0.1, 0.15) is 11.5 Å². The van der Waals surface area contributed by atoms with Crippen LogP contribution < -0.4 is 0 Å². The summed E-state index contributed by atoms with van der Waals surface area (Å²) in [5.74, 6) is 1.36. The summed E-state index contributed by atoms with van der Waals surface area (Å²) in [5.41, 5.74) is 1.02. The Hall–Kier alpha value is -1.35. The largest absolute Gasteiger partial charge is 0.455 e. The quantitative estimate of drug-likeness (QED) is 0.810. The van der Waals surface area contributed by atoms with E-state index >= 15 is 0 Å². The van der Waals surface area contributed by atoms with Gasteiger partial charge in [0.25, 0.3) is 0 Å². The number of rotatable bonds is 2. The zero-order chi connectivity index (χ0) is 9.97. The van der Waals surface area contributed by atoms with Crippen molar-refractivity contribution < 1.29 is 4.42 Å². The van der Waals surface area contributed by atoms with Crippen LogP contribution in [0.4, 0.5) is 0 Å². The molecule has 1 aromatic heterocycles. The SMILES string of the molecule is N=Cc1ccc(-c2ccc(Br)cc2)o1. The summed E-state index contributed by atoms with van der Waals surface area (Å²) in [7, 11) is 0. The van der Waals surface area contributed by atoms with Gasteiger partial charge in [-0.25, -0.2) is 0 Å². The average molecular weight is 250 g/mol. The van der Waals surface area contributed by atoms with E-state index in [4.69, 9.17) is 9.83 Å². The lowest BCUT2D eigenvalue weighted by Crippen LogP contribution is -1.73. The van der Waals surface area contributed by atoms with E-state index in [9.17, 15) is 0 Å². The molecule has 0 atom stereocenters. The standard InChI is InChI=1S/C11H8BrNO/c12-9-3-1-8(2-4-9)11-6-5-10(7-13)14-11/h1-7,13H. The third kappa shape index (κ3) is 1.77. The molecule has 0 aliphatic carbocycles. The number of hydrogen-bond donors (Lipinski definition) is 1. The van der Waals surface area contributed by atoms with Gasteiger partial charge in [-0.1, -0.05) is 28.1 Å². The highest BCUT2D eigenvalue weighted by Gasteiger charge is 2.02. The molecule has 0 saturated heterocycles. The van der Waals surface area contributed by atoms with Crippen LogP contribution >= 0.6 is 15.9 Å². The minimum atomic E-state index is 0.572. The molecular weight excluding hydrogens is 242 g/mol.